The van der Waals surface area contributed by atoms with Gasteiger partial charge in [0.25, 0.3) is 0 Å². The van der Waals surface area contributed by atoms with Crippen molar-refractivity contribution in [2.75, 3.05) is 13.2 Å². The molecule has 0 aliphatic carbocycles. The maximum atomic E-state index is 13.4. The van der Waals surface area contributed by atoms with Gasteiger partial charge in [-0.2, -0.15) is 0 Å². The van der Waals surface area contributed by atoms with Gasteiger partial charge in [0.2, 0.25) is 17.7 Å². The Bertz CT molecular complexity index is 1220. The van der Waals surface area contributed by atoms with Crippen LogP contribution in [0, 0.1) is 11.8 Å². The molecule has 2 aromatic rings. The van der Waals surface area contributed by atoms with E-state index >= 15 is 0 Å². The van der Waals surface area contributed by atoms with Crippen molar-refractivity contribution in [3.8, 4) is 11.5 Å². The molecular formula is C36H55N3O5. The van der Waals surface area contributed by atoms with Crippen molar-refractivity contribution in [1.29, 1.82) is 0 Å². The number of benzene rings is 2. The summed E-state index contributed by atoms with van der Waals surface area (Å²) in [5.41, 5.74) is 2.65. The van der Waals surface area contributed by atoms with Crippen molar-refractivity contribution in [2.24, 2.45) is 11.8 Å². The third-order valence-electron chi connectivity index (χ3n) is 7.67. The smallest absolute Gasteiger partial charge is 0.243 e. The van der Waals surface area contributed by atoms with E-state index in [-0.39, 0.29) is 34.8 Å². The van der Waals surface area contributed by atoms with Crippen LogP contribution in [0.4, 0.5) is 0 Å². The van der Waals surface area contributed by atoms with Crippen LogP contribution in [0.1, 0.15) is 97.8 Å². The van der Waals surface area contributed by atoms with Gasteiger partial charge >= 0.3 is 0 Å². The number of aromatic hydroxyl groups is 1. The third-order valence-corrected chi connectivity index (χ3v) is 7.67. The summed E-state index contributed by atoms with van der Waals surface area (Å²) >= 11 is 0. The fourth-order valence-electron chi connectivity index (χ4n) is 5.08. The second-order valence-corrected chi connectivity index (χ2v) is 13.1. The zero-order valence-corrected chi connectivity index (χ0v) is 28.1. The SMILES string of the molecule is CCCOc1ccccc1CCCNC(=O)[C@H](CCC)NC(=O)[C@H](NC(=O)[C@H](C)Cc1ccc(O)c(C(C)(C)C)c1)C(C)C. The number of hydrogen-bond acceptors (Lipinski definition) is 5. The topological polar surface area (TPSA) is 117 Å². The summed E-state index contributed by atoms with van der Waals surface area (Å²) in [5.74, 6) is -0.269. The van der Waals surface area contributed by atoms with E-state index in [4.69, 9.17) is 4.74 Å². The molecule has 244 valence electrons. The molecule has 4 N–H and O–H groups in total. The Morgan fingerprint density at radius 2 is 1.61 bits per heavy atom. The lowest BCUT2D eigenvalue weighted by Gasteiger charge is -2.26. The minimum Gasteiger partial charge on any atom is -0.508 e. The third kappa shape index (κ3) is 11.5. The summed E-state index contributed by atoms with van der Waals surface area (Å²) < 4.78 is 5.84. The molecule has 0 aromatic heterocycles. The van der Waals surface area contributed by atoms with Crippen molar-refractivity contribution >= 4 is 17.7 Å². The quantitative estimate of drug-likeness (QED) is 0.168. The minimum atomic E-state index is -0.776. The Morgan fingerprint density at radius 1 is 0.909 bits per heavy atom. The van der Waals surface area contributed by atoms with E-state index in [2.05, 4.69) is 22.9 Å². The molecule has 0 heterocycles. The zero-order chi connectivity index (χ0) is 32.9. The molecule has 0 spiro atoms. The number of carbonyl (C=O) groups excluding carboxylic acids is 3. The van der Waals surface area contributed by atoms with Gasteiger partial charge in [0.15, 0.2) is 0 Å². The Hall–Kier alpha value is -3.55. The van der Waals surface area contributed by atoms with Gasteiger partial charge in [-0.1, -0.05) is 92.1 Å². The minimum absolute atomic E-state index is 0.173. The number of carbonyl (C=O) groups is 3. The van der Waals surface area contributed by atoms with Crippen molar-refractivity contribution in [1.82, 2.24) is 16.0 Å². The lowest BCUT2D eigenvalue weighted by atomic mass is 9.84. The van der Waals surface area contributed by atoms with E-state index in [1.807, 2.05) is 84.9 Å². The molecule has 0 aliphatic heterocycles. The zero-order valence-electron chi connectivity index (χ0n) is 28.1. The number of hydrogen-bond donors (Lipinski definition) is 4. The highest BCUT2D eigenvalue weighted by molar-refractivity contribution is 5.92. The molecule has 0 saturated carbocycles. The predicted molar refractivity (Wildman–Crippen MR) is 177 cm³/mol. The molecule has 8 nitrogen and oxygen atoms in total. The van der Waals surface area contributed by atoms with Crippen LogP contribution in [0.3, 0.4) is 0 Å². The second-order valence-electron chi connectivity index (χ2n) is 13.1. The first-order chi connectivity index (χ1) is 20.8. The highest BCUT2D eigenvalue weighted by Crippen LogP contribution is 2.31. The number of phenols is 1. The van der Waals surface area contributed by atoms with Crippen LogP contribution in [0.5, 0.6) is 11.5 Å². The molecule has 0 unspecified atom stereocenters. The van der Waals surface area contributed by atoms with Crippen molar-refractivity contribution in [2.45, 2.75) is 111 Å². The molecule has 0 bridgehead atoms. The summed E-state index contributed by atoms with van der Waals surface area (Å²) in [6, 6.07) is 11.9. The van der Waals surface area contributed by atoms with Crippen molar-refractivity contribution in [3.63, 3.8) is 0 Å². The Balaban J connectivity index is 1.96. The van der Waals surface area contributed by atoms with Crippen LogP contribution >= 0.6 is 0 Å². The lowest BCUT2D eigenvalue weighted by molar-refractivity contribution is -0.134. The largest absolute Gasteiger partial charge is 0.508 e. The van der Waals surface area contributed by atoms with Crippen molar-refractivity contribution < 1.29 is 24.2 Å². The van der Waals surface area contributed by atoms with Gasteiger partial charge < -0.3 is 25.8 Å². The highest BCUT2D eigenvalue weighted by atomic mass is 16.5. The number of rotatable bonds is 17. The van der Waals surface area contributed by atoms with E-state index in [1.54, 1.807) is 6.07 Å². The molecule has 8 heteroatoms. The van der Waals surface area contributed by atoms with E-state index in [9.17, 15) is 19.5 Å². The molecule has 2 aromatic carbocycles. The first-order valence-electron chi connectivity index (χ1n) is 16.2. The first-order valence-corrected chi connectivity index (χ1v) is 16.2. The Morgan fingerprint density at radius 3 is 2.25 bits per heavy atom. The maximum Gasteiger partial charge on any atom is 0.243 e. The number of aryl methyl sites for hydroxylation is 1. The van der Waals surface area contributed by atoms with E-state index in [0.29, 0.717) is 26.0 Å². The monoisotopic (exact) mass is 609 g/mol. The maximum absolute atomic E-state index is 13.4. The van der Waals surface area contributed by atoms with Gasteiger partial charge in [0.1, 0.15) is 23.6 Å². The summed E-state index contributed by atoms with van der Waals surface area (Å²) in [5, 5.41) is 19.1. The van der Waals surface area contributed by atoms with Crippen LogP contribution in [0.25, 0.3) is 0 Å². The molecule has 0 fully saturated rings. The van der Waals surface area contributed by atoms with Gasteiger partial charge in [0, 0.05) is 12.5 Å². The number of phenolic OH excluding ortho intramolecular Hbond substituents is 1. The molecule has 0 aliphatic rings. The van der Waals surface area contributed by atoms with Crippen LogP contribution in [-0.4, -0.2) is 48.1 Å². The number of amides is 3. The lowest BCUT2D eigenvalue weighted by Crippen LogP contribution is -2.56. The molecule has 3 amide bonds. The molecular weight excluding hydrogens is 554 g/mol. The number of para-hydroxylation sites is 1. The standard InChI is InChI=1S/C36H55N3O5/c1-9-14-29(34(42)37-20-13-16-27-15-11-12-17-31(27)44-21-10-2)38-35(43)32(24(3)4)39-33(41)25(5)22-26-18-19-30(40)28(23-26)36(6,7)8/h11-12,15,17-19,23-25,29,32,40H,9-10,13-14,16,20-22H2,1-8H3,(H,37,42)(H,38,43)(H,39,41)/t25-,29+,32-/m1/s1. The summed E-state index contributed by atoms with van der Waals surface area (Å²) in [6.07, 6.45) is 4.14. The summed E-state index contributed by atoms with van der Waals surface area (Å²) in [6.45, 7) is 16.9. The van der Waals surface area contributed by atoms with Gasteiger partial charge in [0.05, 0.1) is 6.61 Å². The Labute approximate surface area is 264 Å². The summed E-state index contributed by atoms with van der Waals surface area (Å²) in [7, 11) is 0. The van der Waals surface area contributed by atoms with Gasteiger partial charge in [-0.15, -0.1) is 0 Å². The highest BCUT2D eigenvalue weighted by Gasteiger charge is 2.30. The predicted octanol–water partition coefficient (Wildman–Crippen LogP) is 5.83. The molecule has 2 rings (SSSR count). The fraction of sp³-hybridized carbons (Fsp3) is 0.583. The van der Waals surface area contributed by atoms with E-state index < -0.39 is 18.0 Å². The first kappa shape index (κ1) is 36.6. The fourth-order valence-corrected chi connectivity index (χ4v) is 5.08. The van der Waals surface area contributed by atoms with Crippen LogP contribution < -0.4 is 20.7 Å². The van der Waals surface area contributed by atoms with Crippen LogP contribution in [-0.2, 0) is 32.6 Å². The number of ether oxygens (including phenoxy) is 1. The molecule has 0 radical (unpaired) electrons. The molecule has 3 atom stereocenters. The van der Waals surface area contributed by atoms with E-state index in [1.165, 1.54) is 0 Å². The van der Waals surface area contributed by atoms with Gasteiger partial charge in [-0.05, 0) is 72.3 Å². The molecule has 44 heavy (non-hydrogen) atoms. The van der Waals surface area contributed by atoms with Crippen LogP contribution in [0.15, 0.2) is 42.5 Å². The normalized spacial score (nSPS) is 13.6. The van der Waals surface area contributed by atoms with Crippen molar-refractivity contribution in [3.05, 3.63) is 59.2 Å². The van der Waals surface area contributed by atoms with E-state index in [0.717, 1.165) is 48.1 Å². The number of nitrogens with one attached hydrogen (secondary N) is 3. The van der Waals surface area contributed by atoms with Crippen LogP contribution in [0.2, 0.25) is 0 Å². The van der Waals surface area contributed by atoms with Gasteiger partial charge in [-0.25, -0.2) is 0 Å². The average Bonchev–Trinajstić information content (AvgIpc) is 2.97. The average molecular weight is 610 g/mol. The van der Waals surface area contributed by atoms with Gasteiger partial charge in [-0.3, -0.25) is 14.4 Å². The Kier molecular flexibility index (Phi) is 14.7. The second kappa shape index (κ2) is 17.7. The molecule has 0 saturated heterocycles. The summed E-state index contributed by atoms with van der Waals surface area (Å²) in [4.78, 5) is 39.7.